The van der Waals surface area contributed by atoms with E-state index < -0.39 is 0 Å². The van der Waals surface area contributed by atoms with Gasteiger partial charge in [0.2, 0.25) is 11.8 Å². The van der Waals surface area contributed by atoms with Gasteiger partial charge in [-0.3, -0.25) is 9.59 Å². The molecule has 0 spiro atoms. The first-order valence-electron chi connectivity index (χ1n) is 6.62. The van der Waals surface area contributed by atoms with Gasteiger partial charge >= 0.3 is 0 Å². The molecule has 0 aliphatic rings. The fraction of sp³-hybridized carbons (Fsp3) is 0.429. The molecule has 2 amide bonds. The first-order valence-corrected chi connectivity index (χ1v) is 7.77. The Bertz CT molecular complexity index is 412. The van der Waals surface area contributed by atoms with Crippen LogP contribution in [0.3, 0.4) is 0 Å². The van der Waals surface area contributed by atoms with Gasteiger partial charge in [-0.05, 0) is 24.3 Å². The topological polar surface area (TPSA) is 84.2 Å². The number of nitrogens with two attached hydrogens (primary N) is 1. The zero-order chi connectivity index (χ0) is 14.6. The maximum atomic E-state index is 11.6. The summed E-state index contributed by atoms with van der Waals surface area (Å²) in [5, 5.41) is 5.53. The van der Waals surface area contributed by atoms with Crippen molar-refractivity contribution < 1.29 is 9.59 Å². The lowest BCUT2D eigenvalue weighted by atomic mass is 10.3. The van der Waals surface area contributed by atoms with E-state index in [9.17, 15) is 9.59 Å². The number of thioether (sulfide) groups is 1. The Hall–Kier alpha value is -1.53. The zero-order valence-electron chi connectivity index (χ0n) is 11.4. The SMILES string of the molecule is NCCNC(=O)CCCSCC(=O)Nc1ccccc1. The molecule has 0 aliphatic carbocycles. The van der Waals surface area contributed by atoms with Crippen LogP contribution in [0.15, 0.2) is 30.3 Å². The van der Waals surface area contributed by atoms with E-state index in [2.05, 4.69) is 10.6 Å². The van der Waals surface area contributed by atoms with Crippen LogP contribution in [0.2, 0.25) is 0 Å². The smallest absolute Gasteiger partial charge is 0.234 e. The second-order valence-electron chi connectivity index (χ2n) is 4.21. The summed E-state index contributed by atoms with van der Waals surface area (Å²) in [4.78, 5) is 22.9. The van der Waals surface area contributed by atoms with Crippen LogP contribution in [0.5, 0.6) is 0 Å². The van der Waals surface area contributed by atoms with Gasteiger partial charge in [0.05, 0.1) is 5.75 Å². The Balaban J connectivity index is 2.04. The monoisotopic (exact) mass is 295 g/mol. The number of hydrogen-bond donors (Lipinski definition) is 3. The minimum atomic E-state index is -0.0196. The summed E-state index contributed by atoms with van der Waals surface area (Å²) >= 11 is 1.53. The van der Waals surface area contributed by atoms with Crippen LogP contribution in [0.25, 0.3) is 0 Å². The van der Waals surface area contributed by atoms with Gasteiger partial charge in [0.15, 0.2) is 0 Å². The zero-order valence-corrected chi connectivity index (χ0v) is 12.2. The highest BCUT2D eigenvalue weighted by Crippen LogP contribution is 2.08. The van der Waals surface area contributed by atoms with Gasteiger partial charge in [-0.15, -0.1) is 0 Å². The summed E-state index contributed by atoms with van der Waals surface area (Å²) in [6.07, 6.45) is 1.24. The molecule has 0 unspecified atom stereocenters. The third-order valence-corrected chi connectivity index (χ3v) is 3.49. The van der Waals surface area contributed by atoms with E-state index in [1.807, 2.05) is 30.3 Å². The number of hydrogen-bond acceptors (Lipinski definition) is 4. The van der Waals surface area contributed by atoms with Crippen LogP contribution in [0.4, 0.5) is 5.69 Å². The predicted octanol–water partition coefficient (Wildman–Crippen LogP) is 1.21. The van der Waals surface area contributed by atoms with E-state index in [4.69, 9.17) is 5.73 Å². The van der Waals surface area contributed by atoms with Crippen LogP contribution in [0, 0.1) is 0 Å². The number of carbonyl (C=O) groups excluding carboxylic acids is 2. The van der Waals surface area contributed by atoms with Crippen molar-refractivity contribution >= 4 is 29.3 Å². The average molecular weight is 295 g/mol. The molecule has 0 atom stereocenters. The van der Waals surface area contributed by atoms with Gasteiger partial charge in [-0.2, -0.15) is 11.8 Å². The van der Waals surface area contributed by atoms with Crippen molar-refractivity contribution in [2.45, 2.75) is 12.8 Å². The molecule has 1 aromatic rings. The van der Waals surface area contributed by atoms with Gasteiger partial charge in [0, 0.05) is 25.2 Å². The number of anilines is 1. The normalized spacial score (nSPS) is 10.1. The molecule has 4 N–H and O–H groups in total. The molecular formula is C14H21N3O2S. The Kier molecular flexibility index (Phi) is 8.49. The van der Waals surface area contributed by atoms with Crippen molar-refractivity contribution in [3.63, 3.8) is 0 Å². The first-order chi connectivity index (χ1) is 9.72. The average Bonchev–Trinajstić information content (AvgIpc) is 2.45. The number of amides is 2. The highest BCUT2D eigenvalue weighted by atomic mass is 32.2. The lowest BCUT2D eigenvalue weighted by Crippen LogP contribution is -2.28. The van der Waals surface area contributed by atoms with E-state index in [-0.39, 0.29) is 11.8 Å². The fourth-order valence-corrected chi connectivity index (χ4v) is 2.27. The van der Waals surface area contributed by atoms with E-state index in [1.165, 1.54) is 11.8 Å². The van der Waals surface area contributed by atoms with Crippen LogP contribution in [-0.2, 0) is 9.59 Å². The lowest BCUT2D eigenvalue weighted by Gasteiger charge is -2.05. The van der Waals surface area contributed by atoms with Crippen molar-refractivity contribution in [3.05, 3.63) is 30.3 Å². The summed E-state index contributed by atoms with van der Waals surface area (Å²) in [5.41, 5.74) is 6.09. The highest BCUT2D eigenvalue weighted by molar-refractivity contribution is 7.99. The molecule has 0 bridgehead atoms. The van der Waals surface area contributed by atoms with Gasteiger partial charge in [0.25, 0.3) is 0 Å². The first kappa shape index (κ1) is 16.5. The standard InChI is InChI=1S/C14H21N3O2S/c15-8-9-16-13(18)7-4-10-20-11-14(19)17-12-5-2-1-3-6-12/h1-3,5-6H,4,7-11,15H2,(H,16,18)(H,17,19). The van der Waals surface area contributed by atoms with Gasteiger partial charge < -0.3 is 16.4 Å². The summed E-state index contributed by atoms with van der Waals surface area (Å²) in [6.45, 7) is 0.978. The highest BCUT2D eigenvalue weighted by Gasteiger charge is 2.03. The van der Waals surface area contributed by atoms with Gasteiger partial charge in [-0.25, -0.2) is 0 Å². The Morgan fingerprint density at radius 2 is 1.90 bits per heavy atom. The Morgan fingerprint density at radius 3 is 2.60 bits per heavy atom. The van der Waals surface area contributed by atoms with E-state index in [0.717, 1.165) is 17.9 Å². The second-order valence-corrected chi connectivity index (χ2v) is 5.31. The quantitative estimate of drug-likeness (QED) is 0.598. The van der Waals surface area contributed by atoms with Crippen LogP contribution in [-0.4, -0.2) is 36.4 Å². The minimum absolute atomic E-state index is 0.0183. The third kappa shape index (κ3) is 7.81. The molecule has 1 aromatic carbocycles. The second kappa shape index (κ2) is 10.3. The van der Waals surface area contributed by atoms with Crippen LogP contribution >= 0.6 is 11.8 Å². The van der Waals surface area contributed by atoms with E-state index in [0.29, 0.717) is 25.3 Å². The molecule has 110 valence electrons. The molecule has 0 saturated carbocycles. The number of benzene rings is 1. The van der Waals surface area contributed by atoms with Crippen LogP contribution < -0.4 is 16.4 Å². The molecule has 5 nitrogen and oxygen atoms in total. The van der Waals surface area contributed by atoms with E-state index >= 15 is 0 Å². The molecule has 0 radical (unpaired) electrons. The van der Waals surface area contributed by atoms with Crippen LogP contribution in [0.1, 0.15) is 12.8 Å². The number of nitrogens with one attached hydrogen (secondary N) is 2. The molecular weight excluding hydrogens is 274 g/mol. The molecule has 0 fully saturated rings. The molecule has 0 saturated heterocycles. The molecule has 0 aliphatic heterocycles. The third-order valence-electron chi connectivity index (χ3n) is 2.45. The molecule has 1 rings (SSSR count). The summed E-state index contributed by atoms with van der Waals surface area (Å²) in [7, 11) is 0. The summed E-state index contributed by atoms with van der Waals surface area (Å²) < 4.78 is 0. The Labute approximate surface area is 123 Å². The van der Waals surface area contributed by atoms with Crippen molar-refractivity contribution in [3.8, 4) is 0 Å². The molecule has 0 aromatic heterocycles. The van der Waals surface area contributed by atoms with Crippen molar-refractivity contribution in [1.29, 1.82) is 0 Å². The number of carbonyl (C=O) groups is 2. The minimum Gasteiger partial charge on any atom is -0.355 e. The lowest BCUT2D eigenvalue weighted by molar-refractivity contribution is -0.121. The number of para-hydroxylation sites is 1. The molecule has 6 heteroatoms. The summed E-state index contributed by atoms with van der Waals surface area (Å²) in [5.74, 6) is 1.19. The molecule has 0 heterocycles. The molecule has 20 heavy (non-hydrogen) atoms. The fourth-order valence-electron chi connectivity index (χ4n) is 1.52. The maximum absolute atomic E-state index is 11.6. The Morgan fingerprint density at radius 1 is 1.15 bits per heavy atom. The predicted molar refractivity (Wildman–Crippen MR) is 83.7 cm³/mol. The largest absolute Gasteiger partial charge is 0.355 e. The number of rotatable bonds is 9. The van der Waals surface area contributed by atoms with Crippen molar-refractivity contribution in [2.75, 3.05) is 29.9 Å². The maximum Gasteiger partial charge on any atom is 0.234 e. The van der Waals surface area contributed by atoms with E-state index in [1.54, 1.807) is 0 Å². The van der Waals surface area contributed by atoms with Gasteiger partial charge in [0.1, 0.15) is 0 Å². The van der Waals surface area contributed by atoms with Crippen molar-refractivity contribution in [2.24, 2.45) is 5.73 Å². The summed E-state index contributed by atoms with van der Waals surface area (Å²) in [6, 6.07) is 9.36. The van der Waals surface area contributed by atoms with Crippen molar-refractivity contribution in [1.82, 2.24) is 5.32 Å². The van der Waals surface area contributed by atoms with Gasteiger partial charge in [-0.1, -0.05) is 18.2 Å².